The maximum absolute atomic E-state index is 4.77. The van der Waals surface area contributed by atoms with Gasteiger partial charge in [-0.1, -0.05) is 34.6 Å². The molecular formula is C14H22N2. The molecule has 1 aromatic heterocycles. The van der Waals surface area contributed by atoms with Crippen molar-refractivity contribution >= 4 is 0 Å². The van der Waals surface area contributed by atoms with Gasteiger partial charge in [-0.3, -0.25) is 0 Å². The third kappa shape index (κ3) is 2.26. The Morgan fingerprint density at radius 2 is 1.94 bits per heavy atom. The van der Waals surface area contributed by atoms with Crippen molar-refractivity contribution in [3.63, 3.8) is 0 Å². The minimum Gasteiger partial charge on any atom is -0.241 e. The van der Waals surface area contributed by atoms with Crippen molar-refractivity contribution < 1.29 is 0 Å². The summed E-state index contributed by atoms with van der Waals surface area (Å²) in [7, 11) is 0. The fourth-order valence-electron chi connectivity index (χ4n) is 2.18. The molecule has 1 aromatic rings. The monoisotopic (exact) mass is 218 g/mol. The molecule has 0 radical (unpaired) electrons. The predicted molar refractivity (Wildman–Crippen MR) is 66.5 cm³/mol. The summed E-state index contributed by atoms with van der Waals surface area (Å²) >= 11 is 0. The molecule has 2 rings (SSSR count). The third-order valence-electron chi connectivity index (χ3n) is 3.34. The summed E-state index contributed by atoms with van der Waals surface area (Å²) in [6, 6.07) is 0. The van der Waals surface area contributed by atoms with Gasteiger partial charge >= 0.3 is 0 Å². The summed E-state index contributed by atoms with van der Waals surface area (Å²) in [5.41, 5.74) is 3.08. The molecule has 1 heterocycles. The first kappa shape index (κ1) is 11.6. The molecule has 0 saturated carbocycles. The molecule has 1 aliphatic carbocycles. The predicted octanol–water partition coefficient (Wildman–Crippen LogP) is 3.29. The van der Waals surface area contributed by atoms with E-state index in [1.54, 1.807) is 0 Å². The minimum absolute atomic E-state index is 0.0522. The SMILES string of the molecule is CC1(C)CCc2cnc(C(C)(C)C)nc2C1. The average Bonchev–Trinajstić information content (AvgIpc) is 2.13. The number of aromatic nitrogens is 2. The van der Waals surface area contributed by atoms with Gasteiger partial charge in [-0.05, 0) is 30.2 Å². The Bertz CT molecular complexity index is 400. The molecule has 0 unspecified atom stereocenters. The van der Waals surface area contributed by atoms with E-state index in [9.17, 15) is 0 Å². The van der Waals surface area contributed by atoms with Gasteiger partial charge in [-0.25, -0.2) is 9.97 Å². The molecular weight excluding hydrogens is 196 g/mol. The number of hydrogen-bond donors (Lipinski definition) is 0. The molecule has 0 amide bonds. The molecule has 0 saturated heterocycles. The first-order chi connectivity index (χ1) is 7.28. The topological polar surface area (TPSA) is 25.8 Å². The van der Waals surface area contributed by atoms with E-state index >= 15 is 0 Å². The maximum atomic E-state index is 4.77. The maximum Gasteiger partial charge on any atom is 0.133 e. The van der Waals surface area contributed by atoms with Crippen LogP contribution in [0.3, 0.4) is 0 Å². The van der Waals surface area contributed by atoms with E-state index in [0.29, 0.717) is 5.41 Å². The molecule has 0 N–H and O–H groups in total. The summed E-state index contributed by atoms with van der Waals surface area (Å²) in [6.07, 6.45) is 5.51. The van der Waals surface area contributed by atoms with Gasteiger partial charge in [0.2, 0.25) is 0 Å². The van der Waals surface area contributed by atoms with Gasteiger partial charge in [0.15, 0.2) is 0 Å². The molecule has 0 fully saturated rings. The van der Waals surface area contributed by atoms with Gasteiger partial charge in [-0.2, -0.15) is 0 Å². The van der Waals surface area contributed by atoms with E-state index in [1.165, 1.54) is 17.7 Å². The highest BCUT2D eigenvalue weighted by molar-refractivity contribution is 5.24. The standard InChI is InChI=1S/C14H22N2/c1-13(2,3)12-15-9-10-6-7-14(4,5)8-11(10)16-12/h9H,6-8H2,1-5H3. The van der Waals surface area contributed by atoms with E-state index in [-0.39, 0.29) is 5.41 Å². The fourth-order valence-corrected chi connectivity index (χ4v) is 2.18. The lowest BCUT2D eigenvalue weighted by atomic mass is 9.76. The first-order valence-electron chi connectivity index (χ1n) is 6.13. The Balaban J connectivity index is 2.39. The second-order valence-corrected chi connectivity index (χ2v) is 6.76. The summed E-state index contributed by atoms with van der Waals surface area (Å²) < 4.78 is 0. The van der Waals surface area contributed by atoms with Gasteiger partial charge in [0.1, 0.15) is 5.82 Å². The van der Waals surface area contributed by atoms with Crippen LogP contribution in [0.4, 0.5) is 0 Å². The van der Waals surface area contributed by atoms with Gasteiger partial charge in [0.25, 0.3) is 0 Å². The van der Waals surface area contributed by atoms with Crippen LogP contribution in [0.5, 0.6) is 0 Å². The normalized spacial score (nSPS) is 19.3. The number of fused-ring (bicyclic) bond motifs is 1. The Morgan fingerprint density at radius 1 is 1.25 bits per heavy atom. The van der Waals surface area contributed by atoms with Crippen LogP contribution in [0.2, 0.25) is 0 Å². The van der Waals surface area contributed by atoms with Gasteiger partial charge in [0, 0.05) is 17.3 Å². The number of aryl methyl sites for hydroxylation is 1. The van der Waals surface area contributed by atoms with Crippen LogP contribution in [-0.2, 0) is 18.3 Å². The zero-order chi connectivity index (χ0) is 12.0. The molecule has 0 bridgehead atoms. The molecule has 1 aliphatic rings. The minimum atomic E-state index is 0.0522. The van der Waals surface area contributed by atoms with Crippen LogP contribution in [0.25, 0.3) is 0 Å². The van der Waals surface area contributed by atoms with Gasteiger partial charge in [-0.15, -0.1) is 0 Å². The second kappa shape index (κ2) is 3.54. The molecule has 2 nitrogen and oxygen atoms in total. The molecule has 16 heavy (non-hydrogen) atoms. The van der Waals surface area contributed by atoms with Crippen LogP contribution in [0.1, 0.15) is 58.1 Å². The van der Waals surface area contributed by atoms with Crippen molar-refractivity contribution in [1.29, 1.82) is 0 Å². The molecule has 0 atom stereocenters. The van der Waals surface area contributed by atoms with E-state index < -0.39 is 0 Å². The molecule has 0 aromatic carbocycles. The van der Waals surface area contributed by atoms with E-state index in [2.05, 4.69) is 39.6 Å². The van der Waals surface area contributed by atoms with Crippen molar-refractivity contribution in [2.24, 2.45) is 5.41 Å². The number of hydrogen-bond acceptors (Lipinski definition) is 2. The lowest BCUT2D eigenvalue weighted by Crippen LogP contribution is -2.26. The highest BCUT2D eigenvalue weighted by Crippen LogP contribution is 2.34. The van der Waals surface area contributed by atoms with Crippen molar-refractivity contribution in [2.75, 3.05) is 0 Å². The number of rotatable bonds is 0. The Labute approximate surface area is 98.5 Å². The average molecular weight is 218 g/mol. The lowest BCUT2D eigenvalue weighted by Gasteiger charge is -2.31. The van der Waals surface area contributed by atoms with Crippen LogP contribution in [-0.4, -0.2) is 9.97 Å². The highest BCUT2D eigenvalue weighted by Gasteiger charge is 2.28. The van der Waals surface area contributed by atoms with E-state index in [4.69, 9.17) is 4.98 Å². The first-order valence-corrected chi connectivity index (χ1v) is 6.13. The molecule has 2 heteroatoms. The number of nitrogens with zero attached hydrogens (tertiary/aromatic N) is 2. The molecule has 0 spiro atoms. The smallest absolute Gasteiger partial charge is 0.133 e. The van der Waals surface area contributed by atoms with Crippen LogP contribution in [0.15, 0.2) is 6.20 Å². The summed E-state index contributed by atoms with van der Waals surface area (Å²) in [4.78, 5) is 9.27. The molecule has 88 valence electrons. The Kier molecular flexibility index (Phi) is 2.56. The fraction of sp³-hybridized carbons (Fsp3) is 0.714. The van der Waals surface area contributed by atoms with Crippen molar-refractivity contribution in [2.45, 2.75) is 59.3 Å². The molecule has 0 aliphatic heterocycles. The Hall–Kier alpha value is -0.920. The lowest BCUT2D eigenvalue weighted by molar-refractivity contribution is 0.308. The van der Waals surface area contributed by atoms with Crippen LogP contribution < -0.4 is 0 Å². The van der Waals surface area contributed by atoms with Crippen molar-refractivity contribution in [3.8, 4) is 0 Å². The summed E-state index contributed by atoms with van der Waals surface area (Å²) in [5.74, 6) is 0.976. The van der Waals surface area contributed by atoms with E-state index in [1.807, 2.05) is 6.20 Å². The van der Waals surface area contributed by atoms with Gasteiger partial charge in [0.05, 0.1) is 0 Å². The largest absolute Gasteiger partial charge is 0.241 e. The highest BCUT2D eigenvalue weighted by atomic mass is 14.9. The summed E-state index contributed by atoms with van der Waals surface area (Å²) in [6.45, 7) is 11.2. The van der Waals surface area contributed by atoms with Gasteiger partial charge < -0.3 is 0 Å². The zero-order valence-corrected chi connectivity index (χ0v) is 11.1. The Morgan fingerprint density at radius 3 is 2.56 bits per heavy atom. The quantitative estimate of drug-likeness (QED) is 0.668. The van der Waals surface area contributed by atoms with E-state index in [0.717, 1.165) is 18.7 Å². The van der Waals surface area contributed by atoms with Crippen molar-refractivity contribution in [3.05, 3.63) is 23.3 Å². The van der Waals surface area contributed by atoms with Crippen LogP contribution >= 0.6 is 0 Å². The third-order valence-corrected chi connectivity index (χ3v) is 3.34. The van der Waals surface area contributed by atoms with Crippen molar-refractivity contribution in [1.82, 2.24) is 9.97 Å². The second-order valence-electron chi connectivity index (χ2n) is 6.76. The van der Waals surface area contributed by atoms with Crippen LogP contribution in [0, 0.1) is 5.41 Å². The zero-order valence-electron chi connectivity index (χ0n) is 11.1. The summed E-state index contributed by atoms with van der Waals surface area (Å²) in [5, 5.41) is 0.